The number of rotatable bonds is 6. The van der Waals surface area contributed by atoms with Gasteiger partial charge in [-0.15, -0.1) is 4.83 Å². The molecule has 1 aromatic heterocycles. The van der Waals surface area contributed by atoms with Crippen molar-refractivity contribution in [1.29, 1.82) is 0 Å². The van der Waals surface area contributed by atoms with Crippen LogP contribution in [0.15, 0.2) is 41.7 Å². The average Bonchev–Trinajstić information content (AvgIpc) is 3.15. The van der Waals surface area contributed by atoms with Crippen LogP contribution in [-0.2, 0) is 17.1 Å². The lowest BCUT2D eigenvalue weighted by Gasteiger charge is -2.12. The molecule has 164 valence electrons. The first-order chi connectivity index (χ1) is 14.5. The highest BCUT2D eigenvalue weighted by Gasteiger charge is 2.24. The number of aromatic hydroxyl groups is 1. The molecule has 3 N–H and O–H groups in total. The molecule has 3 rings (SSSR count). The third-order valence-electron chi connectivity index (χ3n) is 4.10. The van der Waals surface area contributed by atoms with Gasteiger partial charge >= 0.3 is 0 Å². The average molecular weight is 473 g/mol. The monoisotopic (exact) mass is 472 g/mol. The van der Waals surface area contributed by atoms with Crippen LogP contribution in [0.25, 0.3) is 11.3 Å². The number of sulfonamides is 1. The predicted molar refractivity (Wildman–Crippen MR) is 106 cm³/mol. The molecule has 0 saturated carbocycles. The Balaban J connectivity index is 1.87. The molecule has 0 bridgehead atoms. The van der Waals surface area contributed by atoms with Gasteiger partial charge in [-0.1, -0.05) is 11.6 Å². The van der Waals surface area contributed by atoms with E-state index in [4.69, 9.17) is 11.6 Å². The van der Waals surface area contributed by atoms with Crippen LogP contribution in [-0.4, -0.2) is 36.1 Å². The van der Waals surface area contributed by atoms with Crippen molar-refractivity contribution in [1.82, 2.24) is 19.8 Å². The molecule has 3 aromatic rings. The van der Waals surface area contributed by atoms with Crippen molar-refractivity contribution in [2.45, 2.75) is 4.90 Å². The third-order valence-corrected chi connectivity index (χ3v) is 5.63. The number of carbonyl (C=O) groups is 1. The largest absolute Gasteiger partial charge is 0.504 e. The van der Waals surface area contributed by atoms with Gasteiger partial charge in [-0.05, 0) is 12.1 Å². The van der Waals surface area contributed by atoms with Crippen LogP contribution in [0.1, 0.15) is 10.4 Å². The highest BCUT2D eigenvalue weighted by atomic mass is 35.5. The number of hydrogen-bond acceptors (Lipinski definition) is 6. The Labute approximate surface area is 180 Å². The number of methoxy groups -OCH3 is 1. The first kappa shape index (κ1) is 22.5. The van der Waals surface area contributed by atoms with Crippen LogP contribution in [0.5, 0.6) is 11.5 Å². The topological polar surface area (TPSA) is 123 Å². The smallest absolute Gasteiger partial charge is 0.269 e. The van der Waals surface area contributed by atoms with E-state index in [9.17, 15) is 27.1 Å². The van der Waals surface area contributed by atoms with Gasteiger partial charge in [0.05, 0.1) is 29.7 Å². The van der Waals surface area contributed by atoms with Crippen molar-refractivity contribution in [3.63, 3.8) is 0 Å². The Morgan fingerprint density at radius 2 is 1.97 bits per heavy atom. The summed E-state index contributed by atoms with van der Waals surface area (Å²) in [5.74, 6) is -4.46. The number of imidazole rings is 1. The van der Waals surface area contributed by atoms with Crippen LogP contribution < -0.4 is 15.0 Å². The summed E-state index contributed by atoms with van der Waals surface area (Å²) in [5, 5.41) is 9.31. The summed E-state index contributed by atoms with van der Waals surface area (Å²) >= 11 is 5.86. The second-order valence-electron chi connectivity index (χ2n) is 6.26. The fourth-order valence-electron chi connectivity index (χ4n) is 2.59. The van der Waals surface area contributed by atoms with Crippen molar-refractivity contribution in [2.24, 2.45) is 7.05 Å². The molecule has 0 aliphatic carbocycles. The van der Waals surface area contributed by atoms with Crippen LogP contribution >= 0.6 is 11.6 Å². The molecular formula is C18H15ClF2N4O5S. The van der Waals surface area contributed by atoms with E-state index in [2.05, 4.69) is 9.72 Å². The highest BCUT2D eigenvalue weighted by Crippen LogP contribution is 2.31. The molecule has 0 spiro atoms. The van der Waals surface area contributed by atoms with Crippen molar-refractivity contribution in [3.8, 4) is 22.8 Å². The number of aromatic nitrogens is 2. The van der Waals surface area contributed by atoms with Crippen LogP contribution in [0.4, 0.5) is 8.78 Å². The maximum atomic E-state index is 14.4. The summed E-state index contributed by atoms with van der Waals surface area (Å²) in [7, 11) is -1.81. The third kappa shape index (κ3) is 4.60. The summed E-state index contributed by atoms with van der Waals surface area (Å²) in [5.41, 5.74) is 1.92. The Morgan fingerprint density at radius 3 is 2.58 bits per heavy atom. The normalized spacial score (nSPS) is 11.4. The number of phenols is 1. The number of amides is 1. The van der Waals surface area contributed by atoms with Gasteiger partial charge in [0.2, 0.25) is 0 Å². The summed E-state index contributed by atoms with van der Waals surface area (Å²) in [6, 6.07) is 3.64. The fraction of sp³-hybridized carbons (Fsp3) is 0.111. The van der Waals surface area contributed by atoms with Gasteiger partial charge in [-0.3, -0.25) is 10.2 Å². The molecular weight excluding hydrogens is 458 g/mol. The molecule has 0 aliphatic heterocycles. The number of hydrogen-bond donors (Lipinski definition) is 3. The van der Waals surface area contributed by atoms with Gasteiger partial charge in [0.15, 0.2) is 17.3 Å². The minimum absolute atomic E-state index is 0.288. The van der Waals surface area contributed by atoms with Gasteiger partial charge in [0.1, 0.15) is 10.7 Å². The molecule has 0 unspecified atom stereocenters. The van der Waals surface area contributed by atoms with E-state index in [1.165, 1.54) is 12.4 Å². The van der Waals surface area contributed by atoms with Gasteiger partial charge in [-0.2, -0.15) is 0 Å². The van der Waals surface area contributed by atoms with Crippen molar-refractivity contribution >= 4 is 27.5 Å². The first-order valence-corrected chi connectivity index (χ1v) is 10.3. The summed E-state index contributed by atoms with van der Waals surface area (Å²) in [6.07, 6.45) is 3.09. The van der Waals surface area contributed by atoms with Gasteiger partial charge < -0.3 is 14.4 Å². The molecule has 0 saturated heterocycles. The van der Waals surface area contributed by atoms with Gasteiger partial charge in [0.25, 0.3) is 15.9 Å². The molecule has 0 aliphatic rings. The van der Waals surface area contributed by atoms with Gasteiger partial charge in [-0.25, -0.2) is 22.2 Å². The van der Waals surface area contributed by atoms with Crippen molar-refractivity contribution in [2.75, 3.05) is 7.11 Å². The SMILES string of the molecule is COc1cc(F)c(S(=O)(=O)NNC(=O)c2cc(-c3cn(C)cn3)cc(Cl)c2F)cc1O. The van der Waals surface area contributed by atoms with E-state index in [1.807, 2.05) is 0 Å². The molecule has 0 fully saturated rings. The van der Waals surface area contributed by atoms with E-state index in [-0.39, 0.29) is 10.8 Å². The Bertz CT molecular complexity index is 1280. The Kier molecular flexibility index (Phi) is 6.15. The molecule has 1 amide bonds. The lowest BCUT2D eigenvalue weighted by molar-refractivity contribution is 0.0941. The van der Waals surface area contributed by atoms with E-state index >= 15 is 0 Å². The zero-order chi connectivity index (χ0) is 22.9. The molecule has 2 aromatic carbocycles. The second-order valence-corrected chi connectivity index (χ2v) is 8.32. The zero-order valence-electron chi connectivity index (χ0n) is 16.0. The maximum absolute atomic E-state index is 14.4. The number of nitrogens with one attached hydrogen (secondary N) is 2. The standard InChI is InChI=1S/C18H15ClF2N4O5S/c1-25-7-13(22-8-25)9-3-10(17(21)11(19)4-9)18(27)23-24-31(28,29)16-6-14(26)15(30-2)5-12(16)20/h3-8,24,26H,1-2H3,(H,23,27). The molecule has 31 heavy (non-hydrogen) atoms. The maximum Gasteiger partial charge on any atom is 0.269 e. The first-order valence-electron chi connectivity index (χ1n) is 8.39. The molecule has 0 radical (unpaired) electrons. The van der Waals surface area contributed by atoms with Crippen LogP contribution in [0, 0.1) is 11.6 Å². The Morgan fingerprint density at radius 1 is 1.26 bits per heavy atom. The van der Waals surface area contributed by atoms with Crippen molar-refractivity contribution < 1.29 is 31.8 Å². The molecule has 9 nitrogen and oxygen atoms in total. The number of aryl methyl sites for hydroxylation is 1. The lowest BCUT2D eigenvalue weighted by Crippen LogP contribution is -2.42. The lowest BCUT2D eigenvalue weighted by atomic mass is 10.1. The molecule has 1 heterocycles. The summed E-state index contributed by atoms with van der Waals surface area (Å²) < 4.78 is 59.5. The van der Waals surface area contributed by atoms with Crippen molar-refractivity contribution in [3.05, 3.63) is 59.0 Å². The minimum atomic E-state index is -4.67. The highest BCUT2D eigenvalue weighted by molar-refractivity contribution is 7.89. The number of halogens is 3. The number of phenolic OH excluding ortho intramolecular Hbond substituents is 1. The van der Waals surface area contributed by atoms with E-state index in [0.29, 0.717) is 23.4 Å². The van der Waals surface area contributed by atoms with Crippen LogP contribution in [0.3, 0.4) is 0 Å². The number of carbonyl (C=O) groups excluding carboxylic acids is 1. The molecule has 13 heteroatoms. The summed E-state index contributed by atoms with van der Waals surface area (Å²) in [4.78, 5) is 17.2. The number of ether oxygens (including phenoxy) is 1. The quantitative estimate of drug-likeness (QED) is 0.473. The van der Waals surface area contributed by atoms with Gasteiger partial charge in [0, 0.05) is 30.9 Å². The molecule has 0 atom stereocenters. The minimum Gasteiger partial charge on any atom is -0.504 e. The number of nitrogens with zero attached hydrogens (tertiary/aromatic N) is 2. The predicted octanol–water partition coefficient (Wildman–Crippen LogP) is 2.36. The number of benzene rings is 2. The summed E-state index contributed by atoms with van der Waals surface area (Å²) in [6.45, 7) is 0. The van der Waals surface area contributed by atoms with Crippen LogP contribution in [0.2, 0.25) is 5.02 Å². The zero-order valence-corrected chi connectivity index (χ0v) is 17.6. The Hall–Kier alpha value is -3.22. The fourth-order valence-corrected chi connectivity index (χ4v) is 3.73. The second kappa shape index (κ2) is 8.49. The van der Waals surface area contributed by atoms with E-state index < -0.39 is 43.8 Å². The number of hydrazine groups is 1. The van der Waals surface area contributed by atoms with E-state index in [1.54, 1.807) is 28.1 Å². The van der Waals surface area contributed by atoms with E-state index in [0.717, 1.165) is 13.2 Å².